The van der Waals surface area contributed by atoms with Crippen LogP contribution in [0.2, 0.25) is 20.1 Å². The second-order valence-electron chi connectivity index (χ2n) is 9.25. The number of urea groups is 2. The van der Waals surface area contributed by atoms with Gasteiger partial charge in [-0.25, -0.2) is 9.59 Å². The van der Waals surface area contributed by atoms with Crippen molar-refractivity contribution >= 4 is 69.8 Å². The number of nitrogens with one attached hydrogen (secondary N) is 4. The lowest BCUT2D eigenvalue weighted by Crippen LogP contribution is -2.45. The van der Waals surface area contributed by atoms with Crippen LogP contribution >= 0.6 is 46.4 Å². The van der Waals surface area contributed by atoms with Crippen LogP contribution in [0.3, 0.4) is 0 Å². The van der Waals surface area contributed by atoms with E-state index in [4.69, 9.17) is 46.4 Å². The average Bonchev–Trinajstić information content (AvgIpc) is 2.78. The topological polar surface area (TPSA) is 82.3 Å². The second-order valence-corrected chi connectivity index (χ2v) is 10.9. The molecule has 4 amide bonds. The maximum Gasteiger partial charge on any atom is 0.319 e. The maximum absolute atomic E-state index is 12.7. The van der Waals surface area contributed by atoms with E-state index in [9.17, 15) is 9.59 Å². The van der Waals surface area contributed by atoms with Crippen LogP contribution in [0, 0.1) is 0 Å². The molecule has 0 aliphatic rings. The number of rotatable bonds is 6. The van der Waals surface area contributed by atoms with E-state index in [0.29, 0.717) is 31.5 Å². The zero-order valence-electron chi connectivity index (χ0n) is 20.1. The molecule has 0 aliphatic carbocycles. The quantitative estimate of drug-likeness (QED) is 0.241. The molecule has 0 spiro atoms. The van der Waals surface area contributed by atoms with Gasteiger partial charge in [0.1, 0.15) is 0 Å². The Kier molecular flexibility index (Phi) is 8.67. The SMILES string of the molecule is CC(C)(NC(=O)Nc1ccc(Cl)c(Cl)c1)c1cccc(C(C)(C)NC(=O)Nc2ccc(Cl)c(Cl)c2)c1. The van der Waals surface area contributed by atoms with Gasteiger partial charge in [0.05, 0.1) is 31.2 Å². The van der Waals surface area contributed by atoms with Gasteiger partial charge >= 0.3 is 12.1 Å². The molecule has 10 heteroatoms. The first-order chi connectivity index (χ1) is 16.8. The lowest BCUT2D eigenvalue weighted by Gasteiger charge is -2.31. The molecular weight excluding hydrogens is 542 g/mol. The first kappa shape index (κ1) is 27.9. The Balaban J connectivity index is 1.70. The molecule has 0 atom stereocenters. The van der Waals surface area contributed by atoms with E-state index >= 15 is 0 Å². The van der Waals surface area contributed by atoms with Crippen molar-refractivity contribution in [2.45, 2.75) is 38.8 Å². The summed E-state index contributed by atoms with van der Waals surface area (Å²) in [7, 11) is 0. The smallest absolute Gasteiger partial charge is 0.319 e. The van der Waals surface area contributed by atoms with Gasteiger partial charge in [-0.3, -0.25) is 0 Å². The molecule has 3 aromatic rings. The van der Waals surface area contributed by atoms with Gasteiger partial charge in [-0.2, -0.15) is 0 Å². The van der Waals surface area contributed by atoms with Crippen molar-refractivity contribution in [2.24, 2.45) is 0 Å². The molecule has 0 unspecified atom stereocenters. The highest BCUT2D eigenvalue weighted by molar-refractivity contribution is 6.42. The second kappa shape index (κ2) is 11.2. The lowest BCUT2D eigenvalue weighted by molar-refractivity contribution is 0.241. The predicted molar refractivity (Wildman–Crippen MR) is 150 cm³/mol. The third kappa shape index (κ3) is 7.20. The number of benzene rings is 3. The average molecular weight is 568 g/mol. The number of anilines is 2. The van der Waals surface area contributed by atoms with Crippen LogP contribution in [-0.2, 0) is 11.1 Å². The molecular formula is C26H26Cl4N4O2. The summed E-state index contributed by atoms with van der Waals surface area (Å²) < 4.78 is 0. The van der Waals surface area contributed by atoms with Crippen LogP contribution in [0.5, 0.6) is 0 Å². The van der Waals surface area contributed by atoms with E-state index in [-0.39, 0.29) is 0 Å². The molecule has 0 radical (unpaired) electrons. The van der Waals surface area contributed by atoms with Gasteiger partial charge in [0, 0.05) is 11.4 Å². The Morgan fingerprint density at radius 1 is 0.583 bits per heavy atom. The standard InChI is InChI=1S/C26H26Cl4N4O2/c1-25(2,33-23(35)31-17-8-10-19(27)21(29)13-17)15-6-5-7-16(12-15)26(3,4)34-24(36)32-18-9-11-20(28)22(30)14-18/h5-14H,1-4H3,(H2,31,33,35)(H2,32,34,36). The number of hydrogen-bond acceptors (Lipinski definition) is 2. The van der Waals surface area contributed by atoms with Crippen LogP contribution < -0.4 is 21.3 Å². The van der Waals surface area contributed by atoms with Crippen molar-refractivity contribution in [3.05, 3.63) is 91.9 Å². The zero-order chi connectivity index (χ0) is 26.7. The molecule has 3 aromatic carbocycles. The third-order valence-electron chi connectivity index (χ3n) is 5.51. The normalized spacial score (nSPS) is 11.6. The molecule has 0 fully saturated rings. The largest absolute Gasteiger partial charge is 0.329 e. The molecule has 0 bridgehead atoms. The number of carbonyl (C=O) groups is 2. The molecule has 0 saturated heterocycles. The summed E-state index contributed by atoms with van der Waals surface area (Å²) in [4.78, 5) is 25.3. The Labute approximate surface area is 230 Å². The van der Waals surface area contributed by atoms with Crippen molar-refractivity contribution < 1.29 is 9.59 Å². The number of halogens is 4. The van der Waals surface area contributed by atoms with Crippen molar-refractivity contribution in [1.29, 1.82) is 0 Å². The van der Waals surface area contributed by atoms with Crippen molar-refractivity contribution in [2.75, 3.05) is 10.6 Å². The number of carbonyl (C=O) groups excluding carboxylic acids is 2. The molecule has 4 N–H and O–H groups in total. The highest BCUT2D eigenvalue weighted by Gasteiger charge is 2.28. The number of hydrogen-bond donors (Lipinski definition) is 4. The highest BCUT2D eigenvalue weighted by Crippen LogP contribution is 2.29. The summed E-state index contributed by atoms with van der Waals surface area (Å²) >= 11 is 23.9. The van der Waals surface area contributed by atoms with Gasteiger partial charge in [-0.05, 0) is 75.2 Å². The molecule has 0 heterocycles. The molecule has 3 rings (SSSR count). The summed E-state index contributed by atoms with van der Waals surface area (Å²) in [6.45, 7) is 7.55. The molecule has 0 aliphatic heterocycles. The van der Waals surface area contributed by atoms with Gasteiger partial charge in [-0.1, -0.05) is 70.7 Å². The number of amides is 4. The van der Waals surface area contributed by atoms with Gasteiger partial charge in [-0.15, -0.1) is 0 Å². The van der Waals surface area contributed by atoms with Gasteiger partial charge in [0.15, 0.2) is 0 Å². The molecule has 0 saturated carbocycles. The zero-order valence-corrected chi connectivity index (χ0v) is 23.1. The van der Waals surface area contributed by atoms with Gasteiger partial charge < -0.3 is 21.3 Å². The maximum atomic E-state index is 12.7. The van der Waals surface area contributed by atoms with E-state index in [1.165, 1.54) is 0 Å². The van der Waals surface area contributed by atoms with Crippen LogP contribution in [0.4, 0.5) is 21.0 Å². The van der Waals surface area contributed by atoms with Crippen LogP contribution in [-0.4, -0.2) is 12.1 Å². The first-order valence-electron chi connectivity index (χ1n) is 11.0. The summed E-state index contributed by atoms with van der Waals surface area (Å²) in [6, 6.07) is 16.6. The van der Waals surface area contributed by atoms with Crippen LogP contribution in [0.25, 0.3) is 0 Å². The van der Waals surface area contributed by atoms with Crippen LogP contribution in [0.15, 0.2) is 60.7 Å². The molecule has 6 nitrogen and oxygen atoms in total. The van der Waals surface area contributed by atoms with Gasteiger partial charge in [0.2, 0.25) is 0 Å². The summed E-state index contributed by atoms with van der Waals surface area (Å²) in [5, 5.41) is 13.0. The molecule has 36 heavy (non-hydrogen) atoms. The van der Waals surface area contributed by atoms with Crippen molar-refractivity contribution in [3.63, 3.8) is 0 Å². The summed E-state index contributed by atoms with van der Waals surface area (Å²) in [6.07, 6.45) is 0. The lowest BCUT2D eigenvalue weighted by atomic mass is 9.87. The minimum Gasteiger partial charge on any atom is -0.329 e. The minimum absolute atomic E-state index is 0.347. The predicted octanol–water partition coefficient (Wildman–Crippen LogP) is 8.41. The van der Waals surface area contributed by atoms with Gasteiger partial charge in [0.25, 0.3) is 0 Å². The highest BCUT2D eigenvalue weighted by atomic mass is 35.5. The van der Waals surface area contributed by atoms with E-state index in [0.717, 1.165) is 11.1 Å². The van der Waals surface area contributed by atoms with E-state index in [2.05, 4.69) is 21.3 Å². The Bertz CT molecular complexity index is 1200. The van der Waals surface area contributed by atoms with E-state index in [1.807, 2.05) is 52.0 Å². The molecule has 190 valence electrons. The minimum atomic E-state index is -0.727. The van der Waals surface area contributed by atoms with Crippen LogP contribution in [0.1, 0.15) is 38.8 Å². The van der Waals surface area contributed by atoms with E-state index in [1.54, 1.807) is 36.4 Å². The Morgan fingerprint density at radius 2 is 0.972 bits per heavy atom. The fourth-order valence-electron chi connectivity index (χ4n) is 3.48. The Hall–Kier alpha value is -2.64. The van der Waals surface area contributed by atoms with E-state index < -0.39 is 23.1 Å². The van der Waals surface area contributed by atoms with Crippen molar-refractivity contribution in [3.8, 4) is 0 Å². The first-order valence-corrected chi connectivity index (χ1v) is 12.5. The monoisotopic (exact) mass is 566 g/mol. The summed E-state index contributed by atoms with van der Waals surface area (Å²) in [5.41, 5.74) is 1.28. The van der Waals surface area contributed by atoms with Crippen molar-refractivity contribution in [1.82, 2.24) is 10.6 Å². The third-order valence-corrected chi connectivity index (χ3v) is 6.99. The fourth-order valence-corrected chi connectivity index (χ4v) is 4.08. The fraction of sp³-hybridized carbons (Fsp3) is 0.231. The Morgan fingerprint density at radius 3 is 1.33 bits per heavy atom. The molecule has 0 aromatic heterocycles. The summed E-state index contributed by atoms with van der Waals surface area (Å²) in [5.74, 6) is 0.